The second kappa shape index (κ2) is 17.1. The molecule has 22 heavy (non-hydrogen) atoms. The van der Waals surface area contributed by atoms with Crippen LogP contribution in [0.3, 0.4) is 0 Å². The summed E-state index contributed by atoms with van der Waals surface area (Å²) in [6.45, 7) is 4.36. The summed E-state index contributed by atoms with van der Waals surface area (Å²) < 4.78 is 5.54. The van der Waals surface area contributed by atoms with Crippen molar-refractivity contribution in [1.82, 2.24) is 0 Å². The minimum absolute atomic E-state index is 0.0482. The highest BCUT2D eigenvalue weighted by atomic mass is 35.5. The van der Waals surface area contributed by atoms with Crippen LogP contribution in [0.1, 0.15) is 104 Å². The summed E-state index contributed by atoms with van der Waals surface area (Å²) >= 11 is 5.61. The summed E-state index contributed by atoms with van der Waals surface area (Å²) in [7, 11) is 0. The minimum Gasteiger partial charge on any atom is -0.462 e. The highest BCUT2D eigenvalue weighted by molar-refractivity contribution is 6.17. The first-order chi connectivity index (χ1) is 10.7. The van der Waals surface area contributed by atoms with Gasteiger partial charge in [0.05, 0.1) is 0 Å². The molecule has 0 fully saturated rings. The van der Waals surface area contributed by atoms with E-state index in [4.69, 9.17) is 16.3 Å². The highest BCUT2D eigenvalue weighted by Crippen LogP contribution is 2.14. The molecule has 0 aromatic carbocycles. The lowest BCUT2D eigenvalue weighted by molar-refractivity contribution is -0.149. The van der Waals surface area contributed by atoms with E-state index in [1.54, 1.807) is 0 Å². The topological polar surface area (TPSA) is 26.3 Å². The maximum Gasteiger partial charge on any atom is 0.306 e. The zero-order chi connectivity index (χ0) is 16.5. The Balaban J connectivity index is 3.47. The molecular formula is C19H37ClO2. The van der Waals surface area contributed by atoms with Crippen molar-refractivity contribution in [3.8, 4) is 0 Å². The normalized spacial score (nSPS) is 12.3. The Morgan fingerprint density at radius 2 is 1.45 bits per heavy atom. The van der Waals surface area contributed by atoms with Crippen LogP contribution in [-0.2, 0) is 9.53 Å². The predicted molar refractivity (Wildman–Crippen MR) is 96.6 cm³/mol. The molecule has 0 saturated heterocycles. The fraction of sp³-hybridized carbons (Fsp3) is 0.947. The fourth-order valence-corrected chi connectivity index (χ4v) is 2.83. The van der Waals surface area contributed by atoms with Gasteiger partial charge in [0, 0.05) is 12.3 Å². The Morgan fingerprint density at radius 3 is 2.00 bits per heavy atom. The van der Waals surface area contributed by atoms with Gasteiger partial charge in [0.15, 0.2) is 0 Å². The number of alkyl halides is 1. The monoisotopic (exact) mass is 332 g/mol. The fourth-order valence-electron chi connectivity index (χ4n) is 2.64. The number of hydrogen-bond donors (Lipinski definition) is 0. The molecule has 0 aliphatic rings. The summed E-state index contributed by atoms with van der Waals surface area (Å²) in [6.07, 6.45) is 16.3. The van der Waals surface area contributed by atoms with Crippen molar-refractivity contribution in [2.45, 2.75) is 110 Å². The summed E-state index contributed by atoms with van der Waals surface area (Å²) in [5.74, 6) is 0.580. The van der Waals surface area contributed by atoms with Crippen molar-refractivity contribution >= 4 is 17.6 Å². The Labute approximate surface area is 143 Å². The summed E-state index contributed by atoms with van der Waals surface area (Å²) in [5, 5.41) is 0. The van der Waals surface area contributed by atoms with Crippen LogP contribution < -0.4 is 0 Å². The van der Waals surface area contributed by atoms with E-state index in [2.05, 4.69) is 13.8 Å². The van der Waals surface area contributed by atoms with E-state index in [1.165, 1.54) is 57.8 Å². The van der Waals surface area contributed by atoms with Gasteiger partial charge in [-0.2, -0.15) is 0 Å². The molecule has 0 bridgehead atoms. The van der Waals surface area contributed by atoms with Crippen molar-refractivity contribution in [3.05, 3.63) is 0 Å². The SMILES string of the molecule is CCCCCCCCCCCC(CC)OC(=O)CCCCCl. The molecule has 1 atom stereocenters. The molecule has 3 heteroatoms. The van der Waals surface area contributed by atoms with Crippen molar-refractivity contribution in [2.75, 3.05) is 5.88 Å². The van der Waals surface area contributed by atoms with E-state index in [0.29, 0.717) is 12.3 Å². The minimum atomic E-state index is -0.0482. The van der Waals surface area contributed by atoms with Gasteiger partial charge in [-0.15, -0.1) is 11.6 Å². The smallest absolute Gasteiger partial charge is 0.306 e. The first-order valence-corrected chi connectivity index (χ1v) is 10.0. The number of rotatable bonds is 16. The van der Waals surface area contributed by atoms with Crippen LogP contribution in [-0.4, -0.2) is 18.0 Å². The van der Waals surface area contributed by atoms with Gasteiger partial charge in [-0.05, 0) is 32.1 Å². The van der Waals surface area contributed by atoms with E-state index in [-0.39, 0.29) is 12.1 Å². The first-order valence-electron chi connectivity index (χ1n) is 9.50. The van der Waals surface area contributed by atoms with Crippen LogP contribution >= 0.6 is 11.6 Å². The third-order valence-corrected chi connectivity index (χ3v) is 4.41. The zero-order valence-electron chi connectivity index (χ0n) is 14.9. The molecule has 132 valence electrons. The van der Waals surface area contributed by atoms with Crippen LogP contribution in [0.2, 0.25) is 0 Å². The Hall–Kier alpha value is -0.240. The number of ether oxygens (including phenoxy) is 1. The van der Waals surface area contributed by atoms with E-state index in [0.717, 1.165) is 25.7 Å². The van der Waals surface area contributed by atoms with Gasteiger partial charge in [0.2, 0.25) is 0 Å². The number of hydrogen-bond acceptors (Lipinski definition) is 2. The van der Waals surface area contributed by atoms with Crippen LogP contribution in [0.4, 0.5) is 0 Å². The van der Waals surface area contributed by atoms with Crippen molar-refractivity contribution < 1.29 is 9.53 Å². The molecule has 0 heterocycles. The average Bonchev–Trinajstić information content (AvgIpc) is 2.52. The van der Waals surface area contributed by atoms with Gasteiger partial charge in [0.25, 0.3) is 0 Å². The van der Waals surface area contributed by atoms with Gasteiger partial charge < -0.3 is 4.74 Å². The third-order valence-electron chi connectivity index (χ3n) is 4.15. The molecule has 0 N–H and O–H groups in total. The quantitative estimate of drug-likeness (QED) is 0.180. The molecule has 0 aliphatic carbocycles. The Bertz CT molecular complexity index is 244. The van der Waals surface area contributed by atoms with Crippen LogP contribution in [0.15, 0.2) is 0 Å². The highest BCUT2D eigenvalue weighted by Gasteiger charge is 2.11. The van der Waals surface area contributed by atoms with Crippen LogP contribution in [0, 0.1) is 0 Å². The lowest BCUT2D eigenvalue weighted by Crippen LogP contribution is -2.17. The number of carbonyl (C=O) groups is 1. The second-order valence-electron chi connectivity index (χ2n) is 6.28. The molecule has 2 nitrogen and oxygen atoms in total. The largest absolute Gasteiger partial charge is 0.462 e. The zero-order valence-corrected chi connectivity index (χ0v) is 15.6. The Morgan fingerprint density at radius 1 is 0.864 bits per heavy atom. The molecule has 0 aliphatic heterocycles. The van der Waals surface area contributed by atoms with E-state index < -0.39 is 0 Å². The van der Waals surface area contributed by atoms with E-state index in [9.17, 15) is 4.79 Å². The molecule has 0 saturated carbocycles. The molecule has 0 rings (SSSR count). The summed E-state index contributed by atoms with van der Waals surface area (Å²) in [5.41, 5.74) is 0. The molecular weight excluding hydrogens is 296 g/mol. The summed E-state index contributed by atoms with van der Waals surface area (Å²) in [6, 6.07) is 0. The van der Waals surface area contributed by atoms with Gasteiger partial charge in [-0.25, -0.2) is 0 Å². The lowest BCUT2D eigenvalue weighted by atomic mass is 10.0. The number of halogens is 1. The van der Waals surface area contributed by atoms with Gasteiger partial charge in [-0.3, -0.25) is 4.79 Å². The molecule has 0 amide bonds. The predicted octanol–water partition coefficient (Wildman–Crippen LogP) is 6.64. The summed E-state index contributed by atoms with van der Waals surface area (Å²) in [4.78, 5) is 11.7. The number of carbonyl (C=O) groups excluding carboxylic acids is 1. The van der Waals surface area contributed by atoms with Crippen LogP contribution in [0.5, 0.6) is 0 Å². The molecule has 0 spiro atoms. The van der Waals surface area contributed by atoms with Crippen molar-refractivity contribution in [1.29, 1.82) is 0 Å². The maximum atomic E-state index is 11.7. The second-order valence-corrected chi connectivity index (χ2v) is 6.66. The molecule has 0 radical (unpaired) electrons. The molecule has 1 unspecified atom stereocenters. The number of unbranched alkanes of at least 4 members (excludes halogenated alkanes) is 9. The van der Waals surface area contributed by atoms with Gasteiger partial charge in [0.1, 0.15) is 6.10 Å². The first kappa shape index (κ1) is 21.8. The van der Waals surface area contributed by atoms with Gasteiger partial charge in [-0.1, -0.05) is 65.2 Å². The van der Waals surface area contributed by atoms with E-state index >= 15 is 0 Å². The average molecular weight is 333 g/mol. The maximum absolute atomic E-state index is 11.7. The number of esters is 1. The van der Waals surface area contributed by atoms with Crippen LogP contribution in [0.25, 0.3) is 0 Å². The molecule has 0 aromatic rings. The van der Waals surface area contributed by atoms with Crippen molar-refractivity contribution in [2.24, 2.45) is 0 Å². The Kier molecular flexibility index (Phi) is 16.9. The van der Waals surface area contributed by atoms with E-state index in [1.807, 2.05) is 0 Å². The standard InChI is InChI=1S/C19H37ClO2/c1-3-5-6-7-8-9-10-11-12-15-18(4-2)22-19(21)16-13-14-17-20/h18H,3-17H2,1-2H3. The van der Waals surface area contributed by atoms with Crippen molar-refractivity contribution in [3.63, 3.8) is 0 Å². The molecule has 0 aromatic heterocycles. The van der Waals surface area contributed by atoms with Gasteiger partial charge >= 0.3 is 5.97 Å². The third kappa shape index (κ3) is 14.7. The lowest BCUT2D eigenvalue weighted by Gasteiger charge is -2.16.